The molecule has 2 aromatic rings. The molecule has 0 aliphatic carbocycles. The minimum atomic E-state index is -1.80. The van der Waals surface area contributed by atoms with Gasteiger partial charge < -0.3 is 41.6 Å². The average molecular weight is 796 g/mol. The van der Waals surface area contributed by atoms with E-state index in [1.165, 1.54) is 37.1 Å². The van der Waals surface area contributed by atoms with E-state index in [1.54, 1.807) is 0 Å². The standard InChI is InChI=1S/C33H42ClN7O10S2/c1-4-5-6-7-8-12-40(13-11-36-26(44)18-9-10-20(42)25(43)21(18)34)14-17-15-52-29-23(28(46)41(29)24(17)30(47)48)38-27(45)22(19-16-53-32(35)37-19)39-51-33(2,3)31(49)50/h9-10,16,23,29,42-43H,4-8,11-15H2,1-3H3,(H2,35,37)(H,36,44)(H,38,45)(H,47,48)(H,49,50)/b39-22-/t23-,29-/m1/s1. The van der Waals surface area contributed by atoms with E-state index in [0.717, 1.165) is 54.4 Å². The molecule has 8 N–H and O–H groups in total. The molecule has 0 radical (unpaired) electrons. The SMILES string of the molecule is CCCCCCCN(CCNC(=O)c1ccc(O)c(O)c1Cl)CC1=C(C(=O)O)N2C(=O)[C@@H](NC(=O)/C(=N\OC(C)(C)C(=O)O)c3csc(N)n3)[C@H]2SC1. The number of halogens is 1. The van der Waals surface area contributed by atoms with Crippen LogP contribution in [0.25, 0.3) is 0 Å². The van der Waals surface area contributed by atoms with Crippen molar-refractivity contribution < 1.29 is 49.2 Å². The highest BCUT2D eigenvalue weighted by atomic mass is 35.5. The first-order valence-corrected chi connectivity index (χ1v) is 19.0. The van der Waals surface area contributed by atoms with Gasteiger partial charge in [-0.25, -0.2) is 14.6 Å². The first-order valence-electron chi connectivity index (χ1n) is 16.7. The lowest BCUT2D eigenvalue weighted by Gasteiger charge is -2.49. The maximum atomic E-state index is 13.5. The van der Waals surface area contributed by atoms with Crippen molar-refractivity contribution in [3.8, 4) is 11.5 Å². The second kappa shape index (κ2) is 18.0. The Balaban J connectivity index is 1.48. The maximum absolute atomic E-state index is 13.5. The predicted octanol–water partition coefficient (Wildman–Crippen LogP) is 2.81. The van der Waals surface area contributed by atoms with E-state index >= 15 is 0 Å². The number of phenolic OH excluding ortho intramolecular Hbond substituents is 2. The van der Waals surface area contributed by atoms with E-state index < -0.39 is 63.9 Å². The van der Waals surface area contributed by atoms with Crippen LogP contribution in [0.2, 0.25) is 5.02 Å². The highest BCUT2D eigenvalue weighted by Crippen LogP contribution is 2.41. The number of thioether (sulfide) groups is 1. The predicted molar refractivity (Wildman–Crippen MR) is 198 cm³/mol. The Morgan fingerprint density at radius 2 is 1.87 bits per heavy atom. The lowest BCUT2D eigenvalue weighted by molar-refractivity contribution is -0.161. The molecule has 2 atom stereocenters. The number of carbonyl (C=O) groups is 5. The summed E-state index contributed by atoms with van der Waals surface area (Å²) >= 11 is 8.32. The highest BCUT2D eigenvalue weighted by molar-refractivity contribution is 8.00. The molecule has 288 valence electrons. The van der Waals surface area contributed by atoms with Crippen LogP contribution in [0.4, 0.5) is 5.13 Å². The van der Waals surface area contributed by atoms with Crippen LogP contribution < -0.4 is 16.4 Å². The van der Waals surface area contributed by atoms with Gasteiger partial charge in [-0.3, -0.25) is 24.2 Å². The summed E-state index contributed by atoms with van der Waals surface area (Å²) in [4.78, 5) is 76.2. The molecule has 0 bridgehead atoms. The molecule has 2 aliphatic heterocycles. The molecule has 4 rings (SSSR count). The number of nitrogens with zero attached hydrogens (tertiary/aromatic N) is 4. The number of carbonyl (C=O) groups excluding carboxylic acids is 3. The van der Waals surface area contributed by atoms with Gasteiger partial charge in [0, 0.05) is 30.8 Å². The van der Waals surface area contributed by atoms with Gasteiger partial charge in [-0.2, -0.15) is 0 Å². The number of oxime groups is 1. The van der Waals surface area contributed by atoms with Crippen LogP contribution in [0.5, 0.6) is 11.5 Å². The molecule has 0 unspecified atom stereocenters. The van der Waals surface area contributed by atoms with Crippen molar-refractivity contribution >= 4 is 75.2 Å². The van der Waals surface area contributed by atoms with Crippen molar-refractivity contribution in [1.29, 1.82) is 0 Å². The number of nitrogens with two attached hydrogens (primary N) is 1. The number of hydrogen-bond donors (Lipinski definition) is 7. The zero-order valence-corrected chi connectivity index (χ0v) is 31.6. The largest absolute Gasteiger partial charge is 0.504 e. The molecule has 53 heavy (non-hydrogen) atoms. The number of β-lactam (4-membered cyclic amide) rings is 1. The minimum Gasteiger partial charge on any atom is -0.504 e. The Kier molecular flexibility index (Phi) is 13.9. The number of anilines is 1. The summed E-state index contributed by atoms with van der Waals surface area (Å²) in [6, 6.07) is 1.31. The quantitative estimate of drug-likeness (QED) is 0.0355. The summed E-state index contributed by atoms with van der Waals surface area (Å²) in [6.07, 6.45) is 4.94. The smallest absolute Gasteiger partial charge is 0.352 e. The van der Waals surface area contributed by atoms with Crippen LogP contribution in [-0.2, 0) is 24.0 Å². The number of nitrogens with one attached hydrogen (secondary N) is 2. The van der Waals surface area contributed by atoms with E-state index in [0.29, 0.717) is 18.7 Å². The van der Waals surface area contributed by atoms with Crippen LogP contribution >= 0.6 is 34.7 Å². The number of aliphatic carboxylic acids is 2. The summed E-state index contributed by atoms with van der Waals surface area (Å²) in [5.41, 5.74) is 3.77. The van der Waals surface area contributed by atoms with Gasteiger partial charge in [-0.15, -0.1) is 23.1 Å². The van der Waals surface area contributed by atoms with Crippen molar-refractivity contribution in [2.45, 2.75) is 69.9 Å². The molecular weight excluding hydrogens is 754 g/mol. The second-order valence-corrected chi connectivity index (χ2v) is 15.1. The number of aromatic hydroxyl groups is 2. The van der Waals surface area contributed by atoms with Crippen LogP contribution in [0.15, 0.2) is 33.9 Å². The molecule has 17 nitrogen and oxygen atoms in total. The first-order chi connectivity index (χ1) is 25.1. The molecule has 1 aromatic heterocycles. The van der Waals surface area contributed by atoms with Crippen molar-refractivity contribution in [2.75, 3.05) is 37.7 Å². The molecule has 3 amide bonds. The van der Waals surface area contributed by atoms with E-state index in [4.69, 9.17) is 22.2 Å². The highest BCUT2D eigenvalue weighted by Gasteiger charge is 2.54. The Morgan fingerprint density at radius 3 is 2.51 bits per heavy atom. The van der Waals surface area contributed by atoms with E-state index in [1.807, 2.05) is 4.90 Å². The van der Waals surface area contributed by atoms with Crippen molar-refractivity contribution in [1.82, 2.24) is 25.4 Å². The van der Waals surface area contributed by atoms with Gasteiger partial charge in [-0.05, 0) is 44.5 Å². The summed E-state index contributed by atoms with van der Waals surface area (Å²) < 4.78 is 0. The number of nitrogen functional groups attached to an aromatic ring is 1. The summed E-state index contributed by atoms with van der Waals surface area (Å²) in [5.74, 6) is -5.64. The van der Waals surface area contributed by atoms with E-state index in [-0.39, 0.29) is 46.0 Å². The molecule has 1 fully saturated rings. The Morgan fingerprint density at radius 1 is 1.15 bits per heavy atom. The van der Waals surface area contributed by atoms with Crippen LogP contribution in [0.3, 0.4) is 0 Å². The molecule has 1 saturated heterocycles. The third-order valence-electron chi connectivity index (χ3n) is 8.44. The average Bonchev–Trinajstić information content (AvgIpc) is 3.54. The summed E-state index contributed by atoms with van der Waals surface area (Å²) in [6.45, 7) is 5.82. The molecule has 3 heterocycles. The first kappa shape index (κ1) is 41.2. The molecular formula is C33H42ClN7O10S2. The third kappa shape index (κ3) is 9.89. The topological polar surface area (TPSA) is 257 Å². The van der Waals surface area contributed by atoms with Crippen molar-refractivity contribution in [3.05, 3.63) is 45.1 Å². The normalized spacial score (nSPS) is 17.3. The number of phenols is 2. The van der Waals surface area contributed by atoms with Gasteiger partial charge in [0.25, 0.3) is 17.7 Å². The van der Waals surface area contributed by atoms with Gasteiger partial charge in [0.05, 0.1) is 10.6 Å². The van der Waals surface area contributed by atoms with Crippen molar-refractivity contribution in [2.24, 2.45) is 5.16 Å². The van der Waals surface area contributed by atoms with Crippen LogP contribution in [0.1, 0.15) is 68.9 Å². The van der Waals surface area contributed by atoms with Crippen LogP contribution in [0, 0.1) is 0 Å². The zero-order valence-electron chi connectivity index (χ0n) is 29.3. The van der Waals surface area contributed by atoms with E-state index in [9.17, 15) is 44.4 Å². The number of amides is 3. The number of aromatic nitrogens is 1. The van der Waals surface area contributed by atoms with Crippen molar-refractivity contribution in [3.63, 3.8) is 0 Å². The van der Waals surface area contributed by atoms with Crippen LogP contribution in [-0.4, -0.2) is 120 Å². The fourth-order valence-corrected chi connectivity index (χ4v) is 7.57. The lowest BCUT2D eigenvalue weighted by Crippen LogP contribution is -2.71. The summed E-state index contributed by atoms with van der Waals surface area (Å²) in [7, 11) is 0. The molecule has 2 aliphatic rings. The maximum Gasteiger partial charge on any atom is 0.352 e. The number of carboxylic acids is 2. The molecule has 1 aromatic carbocycles. The number of thiazole rings is 1. The number of unbranched alkanes of at least 4 members (excludes halogenated alkanes) is 4. The number of rotatable bonds is 19. The fourth-order valence-electron chi connectivity index (χ4n) is 5.45. The van der Waals surface area contributed by atoms with Gasteiger partial charge in [0.15, 0.2) is 22.3 Å². The van der Waals surface area contributed by atoms with E-state index in [2.05, 4.69) is 27.7 Å². The number of carboxylic acid groups (broad SMARTS) is 2. The summed E-state index contributed by atoms with van der Waals surface area (Å²) in [5, 5.41) is 48.8. The van der Waals surface area contributed by atoms with Gasteiger partial charge >= 0.3 is 11.9 Å². The monoisotopic (exact) mass is 795 g/mol. The molecule has 0 saturated carbocycles. The Bertz CT molecular complexity index is 1800. The third-order valence-corrected chi connectivity index (χ3v) is 10.8. The number of fused-ring (bicyclic) bond motifs is 1. The zero-order chi connectivity index (χ0) is 39.0. The fraction of sp³-hybridized carbons (Fsp3) is 0.485. The molecule has 0 spiro atoms. The van der Waals surface area contributed by atoms with Gasteiger partial charge in [0.2, 0.25) is 5.60 Å². The molecule has 20 heteroatoms. The Labute approximate surface area is 318 Å². The number of benzene rings is 1. The Hall–Kier alpha value is -4.59. The lowest BCUT2D eigenvalue weighted by atomic mass is 10.0. The number of hydrogen-bond acceptors (Lipinski definition) is 14. The minimum absolute atomic E-state index is 0.00481. The van der Waals surface area contributed by atoms with Gasteiger partial charge in [0.1, 0.15) is 22.8 Å². The van der Waals surface area contributed by atoms with Gasteiger partial charge in [-0.1, -0.05) is 49.4 Å². The second-order valence-electron chi connectivity index (χ2n) is 12.8.